The maximum Gasteiger partial charge on any atom is 0.445 e. The van der Waals surface area contributed by atoms with Crippen LogP contribution in [0.25, 0.3) is 0 Å². The van der Waals surface area contributed by atoms with E-state index in [1.165, 1.54) is 0 Å². The largest absolute Gasteiger partial charge is 0.445 e. The molecule has 0 spiro atoms. The van der Waals surface area contributed by atoms with Gasteiger partial charge in [0, 0.05) is 0 Å². The van der Waals surface area contributed by atoms with Gasteiger partial charge in [-0.2, -0.15) is 16.8 Å². The van der Waals surface area contributed by atoms with Crippen LogP contribution in [0, 0.1) is 0 Å². The zero-order valence-corrected chi connectivity index (χ0v) is 9.12. The zero-order chi connectivity index (χ0) is 12.4. The highest BCUT2D eigenvalue weighted by atomic mass is 32.3. The van der Waals surface area contributed by atoms with Crippen LogP contribution in [0.2, 0.25) is 0 Å². The van der Waals surface area contributed by atoms with Crippen molar-refractivity contribution >= 4 is 20.8 Å². The van der Waals surface area contributed by atoms with Gasteiger partial charge >= 0.3 is 20.8 Å². The molecule has 0 aliphatic rings. The van der Waals surface area contributed by atoms with Crippen molar-refractivity contribution in [3.8, 4) is 0 Å². The topological polar surface area (TPSA) is 138 Å². The first-order valence-electron chi connectivity index (χ1n) is 3.03. The third-order valence-corrected chi connectivity index (χ3v) is 0.569. The second-order valence-electron chi connectivity index (χ2n) is 1.14. The molecule has 0 heterocycles. The molecule has 0 unspecified atom stereocenters. The Morgan fingerprint density at radius 1 is 1.07 bits per heavy atom. The summed E-state index contributed by atoms with van der Waals surface area (Å²) in [7, 11) is -8.96. The van der Waals surface area contributed by atoms with Gasteiger partial charge in [0.25, 0.3) is 0 Å². The van der Waals surface area contributed by atoms with Gasteiger partial charge in [-0.15, -0.1) is 0 Å². The van der Waals surface area contributed by atoms with Gasteiger partial charge in [0.1, 0.15) is 6.26 Å². The van der Waals surface area contributed by atoms with Crippen molar-refractivity contribution in [2.24, 2.45) is 0 Å². The predicted molar refractivity (Wildman–Crippen MR) is 48.4 cm³/mol. The smallest absolute Gasteiger partial charge is 0.370 e. The molecule has 8 nitrogen and oxygen atoms in total. The number of hydrogen-bond donors (Lipinski definition) is 3. The quantitative estimate of drug-likeness (QED) is 0.471. The van der Waals surface area contributed by atoms with E-state index in [0.29, 0.717) is 6.26 Å². The van der Waals surface area contributed by atoms with Crippen molar-refractivity contribution < 1.29 is 34.7 Å². The summed E-state index contributed by atoms with van der Waals surface area (Å²) in [4.78, 5) is 0. The maximum atomic E-state index is 9.49. The molecule has 0 saturated heterocycles. The Kier molecular flexibility index (Phi) is 12.1. The average Bonchev–Trinajstić information content (AvgIpc) is 1.85. The summed E-state index contributed by atoms with van der Waals surface area (Å²) in [5, 5.41) is 0. The lowest BCUT2D eigenvalue weighted by Gasteiger charge is -1.86. The fraction of sp³-hybridized carbons (Fsp3) is 0.500. The number of rotatable bonds is 2. The maximum absolute atomic E-state index is 9.49. The highest BCUT2D eigenvalue weighted by Gasteiger charge is 1.96. The van der Waals surface area contributed by atoms with Crippen molar-refractivity contribution in [3.63, 3.8) is 0 Å². The minimum Gasteiger partial charge on any atom is -0.370 e. The molecule has 0 aromatic heterocycles. The average molecular weight is 252 g/mol. The van der Waals surface area contributed by atoms with Crippen molar-refractivity contribution in [2.75, 3.05) is 0 Å². The molecule has 0 aromatic carbocycles. The van der Waals surface area contributed by atoms with Crippen molar-refractivity contribution in [2.45, 2.75) is 13.8 Å². The van der Waals surface area contributed by atoms with Crippen LogP contribution < -0.4 is 0 Å². The van der Waals surface area contributed by atoms with Gasteiger partial charge < -0.3 is 4.18 Å². The molecule has 0 bridgehead atoms. The third kappa shape index (κ3) is 109. The van der Waals surface area contributed by atoms with Gasteiger partial charge in [0.2, 0.25) is 0 Å². The Hall–Kier alpha value is -0.680. The molecule has 0 saturated carbocycles. The Morgan fingerprint density at radius 3 is 1.29 bits per heavy atom. The van der Waals surface area contributed by atoms with Crippen molar-refractivity contribution in [1.82, 2.24) is 0 Å². The molecule has 0 aromatic rings. The summed E-state index contributed by atoms with van der Waals surface area (Å²) in [6.45, 7) is 6.88. The van der Waals surface area contributed by atoms with E-state index >= 15 is 0 Å². The summed E-state index contributed by atoms with van der Waals surface area (Å²) >= 11 is 0. The first-order chi connectivity index (χ1) is 6.06. The van der Waals surface area contributed by atoms with Gasteiger partial charge in [0.05, 0.1) is 0 Å². The number of hydrogen-bond acceptors (Lipinski definition) is 5. The first kappa shape index (κ1) is 19.0. The van der Waals surface area contributed by atoms with E-state index in [2.05, 4.69) is 10.8 Å². The Bertz CT molecular complexity index is 303. The lowest BCUT2D eigenvalue weighted by Crippen LogP contribution is -1.96. The van der Waals surface area contributed by atoms with Gasteiger partial charge in [-0.05, 0) is 0 Å². The Morgan fingerprint density at radius 2 is 1.29 bits per heavy atom. The van der Waals surface area contributed by atoms with E-state index in [-0.39, 0.29) is 0 Å². The monoisotopic (exact) mass is 252 g/mol. The van der Waals surface area contributed by atoms with Gasteiger partial charge in [-0.25, -0.2) is 0 Å². The molecule has 0 atom stereocenters. The molecular formula is C4H12O8S2. The molecular weight excluding hydrogens is 240 g/mol. The fourth-order valence-corrected chi connectivity index (χ4v) is 0.258. The zero-order valence-electron chi connectivity index (χ0n) is 7.48. The summed E-state index contributed by atoms with van der Waals surface area (Å²) < 4.78 is 61.8. The van der Waals surface area contributed by atoms with E-state index < -0.39 is 20.8 Å². The molecule has 10 heteroatoms. The second kappa shape index (κ2) is 8.90. The minimum atomic E-state index is -4.67. The molecule has 0 fully saturated rings. The van der Waals surface area contributed by atoms with Gasteiger partial charge in [-0.1, -0.05) is 20.4 Å². The highest BCUT2D eigenvalue weighted by molar-refractivity contribution is 7.81. The summed E-state index contributed by atoms with van der Waals surface area (Å²) in [6.07, 6.45) is 0.620. The molecule has 88 valence electrons. The Labute approximate surface area is 82.7 Å². The van der Waals surface area contributed by atoms with E-state index in [1.54, 1.807) is 0 Å². The molecule has 0 aliphatic carbocycles. The van der Waals surface area contributed by atoms with Crippen LogP contribution >= 0.6 is 0 Å². The normalized spacial score (nSPS) is 9.79. The molecule has 3 N–H and O–H groups in total. The lowest BCUT2D eigenvalue weighted by atomic mass is 11.0. The SMILES string of the molecule is C=COS(=O)(=O)O.CC.O=S(=O)(O)O. The van der Waals surface area contributed by atoms with E-state index in [9.17, 15) is 8.42 Å². The van der Waals surface area contributed by atoms with E-state index in [0.717, 1.165) is 0 Å². The molecule has 0 amide bonds. The minimum absolute atomic E-state index is 0.620. The fourth-order valence-electron chi connectivity index (χ4n) is 0.0860. The van der Waals surface area contributed by atoms with Crippen LogP contribution in [0.1, 0.15) is 13.8 Å². The van der Waals surface area contributed by atoms with Crippen LogP contribution in [0.3, 0.4) is 0 Å². The van der Waals surface area contributed by atoms with Crippen LogP contribution in [-0.4, -0.2) is 30.5 Å². The lowest BCUT2D eigenvalue weighted by molar-refractivity contribution is 0.356. The molecule has 0 rings (SSSR count). The standard InChI is InChI=1S/C2H4O4S.C2H6.H2O4S/c1-2-6-7(3,4)5;1-2;1-5(2,3)4/h2H,1H2,(H,3,4,5);1-2H3;(H2,1,2,3,4). The van der Waals surface area contributed by atoms with E-state index in [1.807, 2.05) is 13.8 Å². The van der Waals surface area contributed by atoms with Crippen LogP contribution in [0.5, 0.6) is 0 Å². The second-order valence-corrected chi connectivity index (χ2v) is 3.08. The highest BCUT2D eigenvalue weighted by Crippen LogP contribution is 1.82. The van der Waals surface area contributed by atoms with Crippen LogP contribution in [0.15, 0.2) is 12.8 Å². The van der Waals surface area contributed by atoms with Gasteiger partial charge in [-0.3, -0.25) is 13.7 Å². The van der Waals surface area contributed by atoms with Crippen molar-refractivity contribution in [1.29, 1.82) is 0 Å². The van der Waals surface area contributed by atoms with Crippen LogP contribution in [0.4, 0.5) is 0 Å². The third-order valence-electron chi connectivity index (χ3n) is 0.190. The molecule has 0 radical (unpaired) electrons. The summed E-state index contributed by atoms with van der Waals surface area (Å²) in [5.41, 5.74) is 0. The van der Waals surface area contributed by atoms with Gasteiger partial charge in [0.15, 0.2) is 0 Å². The molecule has 14 heavy (non-hydrogen) atoms. The first-order valence-corrected chi connectivity index (χ1v) is 5.79. The molecule has 0 aliphatic heterocycles. The summed E-state index contributed by atoms with van der Waals surface area (Å²) in [6, 6.07) is 0. The Balaban J connectivity index is -0.000000152. The summed E-state index contributed by atoms with van der Waals surface area (Å²) in [5.74, 6) is 0. The predicted octanol–water partition coefficient (Wildman–Crippen LogP) is 0.323. The van der Waals surface area contributed by atoms with E-state index in [4.69, 9.17) is 22.1 Å². The van der Waals surface area contributed by atoms with Crippen molar-refractivity contribution in [3.05, 3.63) is 12.8 Å². The van der Waals surface area contributed by atoms with Crippen LogP contribution in [-0.2, 0) is 25.0 Å².